The van der Waals surface area contributed by atoms with Crippen molar-refractivity contribution in [1.82, 2.24) is 5.32 Å². The van der Waals surface area contributed by atoms with Crippen LogP contribution in [-0.4, -0.2) is 23.2 Å². The lowest BCUT2D eigenvalue weighted by Gasteiger charge is -2.20. The normalized spacial score (nSPS) is 14.4. The minimum Gasteiger partial charge on any atom is -0.388 e. The highest BCUT2D eigenvalue weighted by molar-refractivity contribution is 9.10. The first-order valence-corrected chi connectivity index (χ1v) is 6.66. The number of nitrogens with one attached hydrogen (secondary N) is 1. The van der Waals surface area contributed by atoms with E-state index in [1.165, 1.54) is 6.08 Å². The number of carbonyl (C=O) groups is 1. The first-order valence-electron chi connectivity index (χ1n) is 5.87. The summed E-state index contributed by atoms with van der Waals surface area (Å²) in [5.74, 6) is -0.205. The Balaban J connectivity index is 2.50. The highest BCUT2D eigenvalue weighted by atomic mass is 79.9. The van der Waals surface area contributed by atoms with Crippen LogP contribution in [0.5, 0.6) is 0 Å². The molecular weight excluding hydrogens is 294 g/mol. The van der Waals surface area contributed by atoms with Gasteiger partial charge in [-0.1, -0.05) is 35.0 Å². The van der Waals surface area contributed by atoms with E-state index in [2.05, 4.69) is 21.2 Å². The van der Waals surface area contributed by atoms with Crippen molar-refractivity contribution in [3.8, 4) is 0 Å². The van der Waals surface area contributed by atoms with E-state index in [-0.39, 0.29) is 12.5 Å². The smallest absolute Gasteiger partial charge is 0.244 e. The van der Waals surface area contributed by atoms with Crippen LogP contribution in [0.15, 0.2) is 34.8 Å². The van der Waals surface area contributed by atoms with E-state index in [1.807, 2.05) is 31.2 Å². The van der Waals surface area contributed by atoms with Crippen LogP contribution in [0.4, 0.5) is 0 Å². The summed E-state index contributed by atoms with van der Waals surface area (Å²) in [4.78, 5) is 11.5. The maximum absolute atomic E-state index is 11.5. The van der Waals surface area contributed by atoms with Crippen LogP contribution in [0.25, 0.3) is 6.08 Å². The largest absolute Gasteiger partial charge is 0.388 e. The molecule has 0 aliphatic carbocycles. The molecule has 1 amide bonds. The first-order chi connectivity index (χ1) is 8.43. The second kappa shape index (κ2) is 6.71. The minimum absolute atomic E-state index is 0.205. The molecule has 3 nitrogen and oxygen atoms in total. The Morgan fingerprint density at radius 1 is 1.56 bits per heavy atom. The van der Waals surface area contributed by atoms with Crippen LogP contribution in [0, 0.1) is 0 Å². The second-order valence-electron chi connectivity index (χ2n) is 4.46. The molecule has 0 spiro atoms. The van der Waals surface area contributed by atoms with Gasteiger partial charge in [-0.3, -0.25) is 4.79 Å². The Bertz CT molecular complexity index is 441. The summed E-state index contributed by atoms with van der Waals surface area (Å²) in [6.07, 6.45) is 3.80. The fourth-order valence-electron chi connectivity index (χ4n) is 1.24. The molecule has 0 bridgehead atoms. The number of aliphatic hydroxyl groups is 1. The third kappa shape index (κ3) is 5.47. The van der Waals surface area contributed by atoms with Gasteiger partial charge >= 0.3 is 0 Å². The maximum atomic E-state index is 11.5. The molecule has 0 aliphatic heterocycles. The molecule has 18 heavy (non-hydrogen) atoms. The first kappa shape index (κ1) is 14.9. The summed E-state index contributed by atoms with van der Waals surface area (Å²) < 4.78 is 0.971. The van der Waals surface area contributed by atoms with Crippen LogP contribution >= 0.6 is 15.9 Å². The van der Waals surface area contributed by atoms with E-state index in [0.717, 1.165) is 10.0 Å². The zero-order chi connectivity index (χ0) is 13.6. The SMILES string of the molecule is CCC(C)(O)CNC(=O)C=Cc1cccc(Br)c1. The summed E-state index contributed by atoms with van der Waals surface area (Å²) in [6.45, 7) is 3.83. The van der Waals surface area contributed by atoms with Crippen molar-refractivity contribution in [1.29, 1.82) is 0 Å². The predicted octanol–water partition coefficient (Wildman–Crippen LogP) is 2.74. The maximum Gasteiger partial charge on any atom is 0.244 e. The monoisotopic (exact) mass is 311 g/mol. The number of carbonyl (C=O) groups excluding carboxylic acids is 1. The van der Waals surface area contributed by atoms with Crippen molar-refractivity contribution >= 4 is 27.9 Å². The van der Waals surface area contributed by atoms with Gasteiger partial charge in [0.1, 0.15) is 0 Å². The molecule has 0 radical (unpaired) electrons. The van der Waals surface area contributed by atoms with Gasteiger partial charge in [-0.25, -0.2) is 0 Å². The zero-order valence-corrected chi connectivity index (χ0v) is 12.2. The van der Waals surface area contributed by atoms with Gasteiger partial charge in [-0.05, 0) is 37.1 Å². The van der Waals surface area contributed by atoms with Crippen LogP contribution in [0.2, 0.25) is 0 Å². The predicted molar refractivity (Wildman–Crippen MR) is 77.1 cm³/mol. The minimum atomic E-state index is -0.848. The lowest BCUT2D eigenvalue weighted by atomic mass is 10.0. The molecule has 0 aromatic heterocycles. The van der Waals surface area contributed by atoms with Crippen molar-refractivity contribution in [3.05, 3.63) is 40.4 Å². The van der Waals surface area contributed by atoms with Crippen molar-refractivity contribution in [2.24, 2.45) is 0 Å². The fraction of sp³-hybridized carbons (Fsp3) is 0.357. The average molecular weight is 312 g/mol. The highest BCUT2D eigenvalue weighted by Gasteiger charge is 2.17. The van der Waals surface area contributed by atoms with Crippen molar-refractivity contribution < 1.29 is 9.90 Å². The molecule has 0 saturated carbocycles. The van der Waals surface area contributed by atoms with Gasteiger partial charge in [0.2, 0.25) is 5.91 Å². The van der Waals surface area contributed by atoms with Gasteiger partial charge in [0.25, 0.3) is 0 Å². The Morgan fingerprint density at radius 2 is 2.28 bits per heavy atom. The summed E-state index contributed by atoms with van der Waals surface area (Å²) in [5.41, 5.74) is 0.0981. The van der Waals surface area contributed by atoms with E-state index in [1.54, 1.807) is 13.0 Å². The molecule has 0 aliphatic rings. The van der Waals surface area contributed by atoms with E-state index < -0.39 is 5.60 Å². The highest BCUT2D eigenvalue weighted by Crippen LogP contribution is 2.12. The molecule has 98 valence electrons. The number of benzene rings is 1. The number of hydrogen-bond donors (Lipinski definition) is 2. The van der Waals surface area contributed by atoms with E-state index >= 15 is 0 Å². The Morgan fingerprint density at radius 3 is 2.89 bits per heavy atom. The van der Waals surface area contributed by atoms with Gasteiger partial charge in [0.05, 0.1) is 5.60 Å². The third-order valence-corrected chi connectivity index (χ3v) is 3.17. The third-order valence-electron chi connectivity index (χ3n) is 2.68. The van der Waals surface area contributed by atoms with Crippen LogP contribution in [0.1, 0.15) is 25.8 Å². The van der Waals surface area contributed by atoms with Gasteiger partial charge in [0.15, 0.2) is 0 Å². The molecule has 1 rings (SSSR count). The van der Waals surface area contributed by atoms with Gasteiger partial charge in [-0.15, -0.1) is 0 Å². The Hall–Kier alpha value is -1.13. The lowest BCUT2D eigenvalue weighted by Crippen LogP contribution is -2.39. The summed E-state index contributed by atoms with van der Waals surface area (Å²) in [7, 11) is 0. The van der Waals surface area contributed by atoms with Crippen LogP contribution in [-0.2, 0) is 4.79 Å². The molecule has 1 unspecified atom stereocenters. The lowest BCUT2D eigenvalue weighted by molar-refractivity contribution is -0.117. The van der Waals surface area contributed by atoms with E-state index in [9.17, 15) is 9.90 Å². The van der Waals surface area contributed by atoms with Gasteiger partial charge in [0, 0.05) is 17.1 Å². The number of halogens is 1. The molecule has 0 heterocycles. The summed E-state index contributed by atoms with van der Waals surface area (Å²) in [5, 5.41) is 12.4. The topological polar surface area (TPSA) is 49.3 Å². The van der Waals surface area contributed by atoms with Crippen molar-refractivity contribution in [2.75, 3.05) is 6.54 Å². The molecule has 1 aromatic carbocycles. The molecule has 2 N–H and O–H groups in total. The molecule has 0 saturated heterocycles. The van der Waals surface area contributed by atoms with Gasteiger partial charge < -0.3 is 10.4 Å². The van der Waals surface area contributed by atoms with Crippen LogP contribution in [0.3, 0.4) is 0 Å². The second-order valence-corrected chi connectivity index (χ2v) is 5.37. The van der Waals surface area contributed by atoms with Crippen molar-refractivity contribution in [2.45, 2.75) is 25.9 Å². The zero-order valence-electron chi connectivity index (χ0n) is 10.6. The quantitative estimate of drug-likeness (QED) is 0.821. The molecule has 1 aromatic rings. The average Bonchev–Trinajstić information content (AvgIpc) is 2.34. The fourth-order valence-corrected chi connectivity index (χ4v) is 1.66. The Kier molecular flexibility index (Phi) is 5.56. The number of rotatable bonds is 5. The number of hydrogen-bond acceptors (Lipinski definition) is 2. The standard InChI is InChI=1S/C14H18BrNO2/c1-3-14(2,18)10-16-13(17)8-7-11-5-4-6-12(15)9-11/h4-9,18H,3,10H2,1-2H3,(H,16,17). The molecule has 0 fully saturated rings. The number of amides is 1. The molecule has 4 heteroatoms. The van der Waals surface area contributed by atoms with Gasteiger partial charge in [-0.2, -0.15) is 0 Å². The molecular formula is C14H18BrNO2. The Labute approximate surface area is 116 Å². The van der Waals surface area contributed by atoms with Crippen LogP contribution < -0.4 is 5.32 Å². The summed E-state index contributed by atoms with van der Waals surface area (Å²) in [6, 6.07) is 7.67. The van der Waals surface area contributed by atoms with Crippen molar-refractivity contribution in [3.63, 3.8) is 0 Å². The van der Waals surface area contributed by atoms with E-state index in [4.69, 9.17) is 0 Å². The summed E-state index contributed by atoms with van der Waals surface area (Å²) >= 11 is 3.37. The van der Waals surface area contributed by atoms with E-state index in [0.29, 0.717) is 6.42 Å². The molecule has 1 atom stereocenters.